The molecule has 0 aliphatic heterocycles. The summed E-state index contributed by atoms with van der Waals surface area (Å²) in [5.74, 6) is 0.206. The SMILES string of the molecule is CCNC1CC(c2cccc(OC(F)(F)F)c2)C1. The van der Waals surface area contributed by atoms with E-state index >= 15 is 0 Å². The molecule has 1 fully saturated rings. The number of hydrogen-bond acceptors (Lipinski definition) is 2. The molecule has 1 aliphatic rings. The van der Waals surface area contributed by atoms with E-state index in [4.69, 9.17) is 0 Å². The van der Waals surface area contributed by atoms with Crippen LogP contribution >= 0.6 is 0 Å². The first-order valence-electron chi connectivity index (χ1n) is 6.07. The molecule has 2 rings (SSSR count). The largest absolute Gasteiger partial charge is 0.573 e. The molecule has 0 bridgehead atoms. The Morgan fingerprint density at radius 2 is 2.06 bits per heavy atom. The minimum absolute atomic E-state index is 0.132. The summed E-state index contributed by atoms with van der Waals surface area (Å²) in [5, 5.41) is 3.32. The van der Waals surface area contributed by atoms with E-state index in [0.717, 1.165) is 24.9 Å². The molecular weight excluding hydrogens is 243 g/mol. The van der Waals surface area contributed by atoms with Crippen LogP contribution in [0.25, 0.3) is 0 Å². The van der Waals surface area contributed by atoms with Crippen LogP contribution in [0.4, 0.5) is 13.2 Å². The second-order valence-electron chi connectivity index (χ2n) is 4.54. The predicted octanol–water partition coefficient (Wildman–Crippen LogP) is 3.44. The zero-order chi connectivity index (χ0) is 13.2. The van der Waals surface area contributed by atoms with E-state index < -0.39 is 6.36 Å². The zero-order valence-corrected chi connectivity index (χ0v) is 10.1. The van der Waals surface area contributed by atoms with Gasteiger partial charge in [-0.25, -0.2) is 0 Å². The Balaban J connectivity index is 1.97. The molecular formula is C13H16F3NO. The number of nitrogens with one attached hydrogen (secondary N) is 1. The van der Waals surface area contributed by atoms with Crippen molar-refractivity contribution in [2.45, 2.75) is 38.1 Å². The summed E-state index contributed by atoms with van der Waals surface area (Å²) in [6, 6.07) is 6.78. The Morgan fingerprint density at radius 1 is 1.33 bits per heavy atom. The van der Waals surface area contributed by atoms with Crippen molar-refractivity contribution >= 4 is 0 Å². The highest BCUT2D eigenvalue weighted by molar-refractivity contribution is 5.32. The standard InChI is InChI=1S/C13H16F3NO/c1-2-17-11-6-10(7-11)9-4-3-5-12(8-9)18-13(14,15)16/h3-5,8,10-11,17H,2,6-7H2,1H3. The van der Waals surface area contributed by atoms with Crippen molar-refractivity contribution in [2.75, 3.05) is 6.54 Å². The van der Waals surface area contributed by atoms with Crippen LogP contribution in [0.15, 0.2) is 24.3 Å². The first-order valence-corrected chi connectivity index (χ1v) is 6.07. The van der Waals surface area contributed by atoms with Gasteiger partial charge in [-0.3, -0.25) is 0 Å². The predicted molar refractivity (Wildman–Crippen MR) is 62.6 cm³/mol. The van der Waals surface area contributed by atoms with Crippen molar-refractivity contribution in [3.63, 3.8) is 0 Å². The smallest absolute Gasteiger partial charge is 0.406 e. The Bertz CT molecular complexity index is 399. The summed E-state index contributed by atoms with van der Waals surface area (Å²) in [6.07, 6.45) is -2.67. The lowest BCUT2D eigenvalue weighted by Gasteiger charge is -2.36. The van der Waals surface area contributed by atoms with Gasteiger partial charge in [0, 0.05) is 6.04 Å². The summed E-state index contributed by atoms with van der Waals surface area (Å²) < 4.78 is 40.2. The van der Waals surface area contributed by atoms with Gasteiger partial charge in [0.2, 0.25) is 0 Å². The lowest BCUT2D eigenvalue weighted by Crippen LogP contribution is -2.39. The maximum absolute atomic E-state index is 12.1. The fourth-order valence-electron chi connectivity index (χ4n) is 2.31. The van der Waals surface area contributed by atoms with E-state index in [1.54, 1.807) is 6.07 Å². The maximum atomic E-state index is 12.1. The monoisotopic (exact) mass is 259 g/mol. The molecule has 0 unspecified atom stereocenters. The Morgan fingerprint density at radius 3 is 2.67 bits per heavy atom. The molecule has 1 saturated carbocycles. The third-order valence-electron chi connectivity index (χ3n) is 3.19. The van der Waals surface area contributed by atoms with E-state index in [0.29, 0.717) is 12.0 Å². The molecule has 18 heavy (non-hydrogen) atoms. The lowest BCUT2D eigenvalue weighted by molar-refractivity contribution is -0.274. The van der Waals surface area contributed by atoms with Gasteiger partial charge in [-0.05, 0) is 43.0 Å². The van der Waals surface area contributed by atoms with Crippen LogP contribution in [0, 0.1) is 0 Å². The van der Waals surface area contributed by atoms with Gasteiger partial charge in [0.05, 0.1) is 0 Å². The molecule has 0 atom stereocenters. The molecule has 0 spiro atoms. The highest BCUT2D eigenvalue weighted by Gasteiger charge is 2.32. The fourth-order valence-corrected chi connectivity index (χ4v) is 2.31. The third kappa shape index (κ3) is 3.38. The van der Waals surface area contributed by atoms with Gasteiger partial charge in [0.25, 0.3) is 0 Å². The first kappa shape index (κ1) is 13.2. The molecule has 0 amide bonds. The zero-order valence-electron chi connectivity index (χ0n) is 10.1. The number of rotatable bonds is 4. The summed E-state index contributed by atoms with van der Waals surface area (Å²) in [4.78, 5) is 0. The Kier molecular flexibility index (Phi) is 3.80. The van der Waals surface area contributed by atoms with Crippen LogP contribution in [0.3, 0.4) is 0 Å². The Hall–Kier alpha value is -1.23. The van der Waals surface area contributed by atoms with Crippen molar-refractivity contribution in [1.29, 1.82) is 0 Å². The molecule has 1 aromatic carbocycles. The quantitative estimate of drug-likeness (QED) is 0.894. The average molecular weight is 259 g/mol. The van der Waals surface area contributed by atoms with Gasteiger partial charge in [0.1, 0.15) is 5.75 Å². The van der Waals surface area contributed by atoms with Gasteiger partial charge >= 0.3 is 6.36 Å². The van der Waals surface area contributed by atoms with Crippen LogP contribution < -0.4 is 10.1 Å². The molecule has 5 heteroatoms. The van der Waals surface area contributed by atoms with Gasteiger partial charge in [0.15, 0.2) is 0 Å². The molecule has 1 aromatic rings. The molecule has 100 valence electrons. The van der Waals surface area contributed by atoms with Crippen LogP contribution in [-0.2, 0) is 0 Å². The van der Waals surface area contributed by atoms with Gasteiger partial charge in [-0.15, -0.1) is 13.2 Å². The van der Waals surface area contributed by atoms with Crippen LogP contribution in [0.2, 0.25) is 0 Å². The number of benzene rings is 1. The summed E-state index contributed by atoms with van der Waals surface area (Å²) in [6.45, 7) is 2.97. The lowest BCUT2D eigenvalue weighted by atomic mass is 9.76. The van der Waals surface area contributed by atoms with E-state index in [9.17, 15) is 13.2 Å². The highest BCUT2D eigenvalue weighted by Crippen LogP contribution is 2.38. The van der Waals surface area contributed by atoms with Crippen LogP contribution in [-0.4, -0.2) is 18.9 Å². The van der Waals surface area contributed by atoms with Crippen LogP contribution in [0.5, 0.6) is 5.75 Å². The topological polar surface area (TPSA) is 21.3 Å². The normalized spacial score (nSPS) is 23.6. The van der Waals surface area contributed by atoms with E-state index in [-0.39, 0.29) is 5.75 Å². The molecule has 0 radical (unpaired) electrons. The molecule has 0 heterocycles. The fraction of sp³-hybridized carbons (Fsp3) is 0.538. The van der Waals surface area contributed by atoms with Gasteiger partial charge in [-0.2, -0.15) is 0 Å². The molecule has 0 aromatic heterocycles. The number of hydrogen-bond donors (Lipinski definition) is 1. The molecule has 2 nitrogen and oxygen atoms in total. The third-order valence-corrected chi connectivity index (χ3v) is 3.19. The van der Waals surface area contributed by atoms with E-state index in [2.05, 4.69) is 10.1 Å². The summed E-state index contributed by atoms with van der Waals surface area (Å²) in [7, 11) is 0. The molecule has 1 aliphatic carbocycles. The second kappa shape index (κ2) is 5.18. The number of ether oxygens (including phenoxy) is 1. The van der Waals surface area contributed by atoms with Gasteiger partial charge < -0.3 is 10.1 Å². The van der Waals surface area contributed by atoms with Crippen molar-refractivity contribution in [3.05, 3.63) is 29.8 Å². The van der Waals surface area contributed by atoms with E-state index in [1.165, 1.54) is 12.1 Å². The molecule has 0 saturated heterocycles. The molecule has 1 N–H and O–H groups in total. The number of alkyl halides is 3. The minimum atomic E-state index is -4.62. The Labute approximate surface area is 104 Å². The average Bonchev–Trinajstić information content (AvgIpc) is 2.20. The van der Waals surface area contributed by atoms with Crippen molar-refractivity contribution in [3.8, 4) is 5.75 Å². The maximum Gasteiger partial charge on any atom is 0.573 e. The van der Waals surface area contributed by atoms with Crippen molar-refractivity contribution in [2.24, 2.45) is 0 Å². The van der Waals surface area contributed by atoms with Crippen molar-refractivity contribution in [1.82, 2.24) is 5.32 Å². The summed E-state index contributed by atoms with van der Waals surface area (Å²) in [5.41, 5.74) is 0.922. The van der Waals surface area contributed by atoms with Gasteiger partial charge in [-0.1, -0.05) is 19.1 Å². The summed E-state index contributed by atoms with van der Waals surface area (Å²) >= 11 is 0. The minimum Gasteiger partial charge on any atom is -0.406 e. The van der Waals surface area contributed by atoms with Crippen LogP contribution in [0.1, 0.15) is 31.2 Å². The number of halogens is 3. The van der Waals surface area contributed by atoms with E-state index in [1.807, 2.05) is 13.0 Å². The second-order valence-corrected chi connectivity index (χ2v) is 4.54. The van der Waals surface area contributed by atoms with Crippen molar-refractivity contribution < 1.29 is 17.9 Å². The highest BCUT2D eigenvalue weighted by atomic mass is 19.4. The first-order chi connectivity index (χ1) is 8.48.